The number of rotatable bonds is 4. The van der Waals surface area contributed by atoms with Crippen LogP contribution in [0.5, 0.6) is 0 Å². The van der Waals surface area contributed by atoms with Crippen LogP contribution in [0.1, 0.15) is 32.4 Å². The van der Waals surface area contributed by atoms with Gasteiger partial charge in [0.25, 0.3) is 0 Å². The summed E-state index contributed by atoms with van der Waals surface area (Å²) >= 11 is 0. The molecule has 0 saturated carbocycles. The van der Waals surface area contributed by atoms with Crippen molar-refractivity contribution in [1.29, 1.82) is 0 Å². The summed E-state index contributed by atoms with van der Waals surface area (Å²) in [7, 11) is 1.81. The molecule has 3 heteroatoms. The molecule has 1 unspecified atom stereocenters. The zero-order valence-corrected chi connectivity index (χ0v) is 11.1. The summed E-state index contributed by atoms with van der Waals surface area (Å²) in [5.74, 6) is 0.157. The number of carbonyl (C=O) groups excluding carboxylic acids is 1. The van der Waals surface area contributed by atoms with Gasteiger partial charge in [-0.25, -0.2) is 0 Å². The lowest BCUT2D eigenvalue weighted by atomic mass is 10.0. The number of nitrogens with two attached hydrogens (primary N) is 1. The van der Waals surface area contributed by atoms with Crippen LogP contribution in [0, 0.1) is 5.92 Å². The third-order valence-electron chi connectivity index (χ3n) is 3.21. The summed E-state index contributed by atoms with van der Waals surface area (Å²) in [6.45, 7) is 5.94. The van der Waals surface area contributed by atoms with Crippen molar-refractivity contribution in [3.8, 4) is 0 Å². The molecule has 3 nitrogen and oxygen atoms in total. The molecule has 1 amide bonds. The molecule has 0 saturated heterocycles. The molecule has 1 rings (SSSR count). The van der Waals surface area contributed by atoms with Gasteiger partial charge in [-0.1, -0.05) is 44.2 Å². The highest BCUT2D eigenvalue weighted by Crippen LogP contribution is 2.19. The molecule has 0 bridgehead atoms. The van der Waals surface area contributed by atoms with Gasteiger partial charge in [0.05, 0.1) is 12.1 Å². The molecule has 0 radical (unpaired) electrons. The number of likely N-dealkylation sites (N-methyl/N-ethyl adjacent to an activating group) is 1. The number of amides is 1. The van der Waals surface area contributed by atoms with Crippen LogP contribution >= 0.6 is 0 Å². The molecule has 94 valence electrons. The first kappa shape index (κ1) is 13.7. The molecule has 2 N–H and O–H groups in total. The fourth-order valence-electron chi connectivity index (χ4n) is 1.67. The van der Waals surface area contributed by atoms with E-state index in [0.717, 1.165) is 5.56 Å². The maximum Gasteiger partial charge on any atom is 0.239 e. The van der Waals surface area contributed by atoms with Crippen LogP contribution in [-0.2, 0) is 4.79 Å². The second-order valence-electron chi connectivity index (χ2n) is 4.81. The molecular weight excluding hydrogens is 212 g/mol. The molecule has 0 aliphatic rings. The monoisotopic (exact) mass is 234 g/mol. The van der Waals surface area contributed by atoms with E-state index in [4.69, 9.17) is 5.73 Å². The predicted octanol–water partition coefficient (Wildman–Crippen LogP) is 2.19. The normalized spacial score (nSPS) is 14.5. The van der Waals surface area contributed by atoms with Crippen molar-refractivity contribution < 1.29 is 4.79 Å². The van der Waals surface area contributed by atoms with Crippen molar-refractivity contribution in [3.63, 3.8) is 0 Å². The summed E-state index contributed by atoms with van der Waals surface area (Å²) in [4.78, 5) is 13.8. The van der Waals surface area contributed by atoms with Crippen LogP contribution in [0.25, 0.3) is 0 Å². The molecule has 17 heavy (non-hydrogen) atoms. The van der Waals surface area contributed by atoms with Crippen LogP contribution in [-0.4, -0.2) is 23.9 Å². The summed E-state index contributed by atoms with van der Waals surface area (Å²) in [6, 6.07) is 9.60. The minimum absolute atomic E-state index is 0.00338. The van der Waals surface area contributed by atoms with Crippen molar-refractivity contribution >= 4 is 5.91 Å². The van der Waals surface area contributed by atoms with Crippen LogP contribution < -0.4 is 5.73 Å². The largest absolute Gasteiger partial charge is 0.338 e. The predicted molar refractivity (Wildman–Crippen MR) is 70.4 cm³/mol. The highest BCUT2D eigenvalue weighted by Gasteiger charge is 2.24. The number of carbonyl (C=O) groups is 1. The Morgan fingerprint density at radius 1 is 1.18 bits per heavy atom. The summed E-state index contributed by atoms with van der Waals surface area (Å²) in [5.41, 5.74) is 7.01. The van der Waals surface area contributed by atoms with E-state index in [0.29, 0.717) is 0 Å². The summed E-state index contributed by atoms with van der Waals surface area (Å²) < 4.78 is 0. The van der Waals surface area contributed by atoms with Crippen molar-refractivity contribution in [2.45, 2.75) is 32.9 Å². The zero-order chi connectivity index (χ0) is 13.0. The minimum Gasteiger partial charge on any atom is -0.338 e. The van der Waals surface area contributed by atoms with Crippen molar-refractivity contribution in [3.05, 3.63) is 35.9 Å². The van der Waals surface area contributed by atoms with Crippen LogP contribution in [0.4, 0.5) is 0 Å². The lowest BCUT2D eigenvalue weighted by Gasteiger charge is -2.29. The smallest absolute Gasteiger partial charge is 0.239 e. The quantitative estimate of drug-likeness (QED) is 0.868. The van der Waals surface area contributed by atoms with E-state index in [2.05, 4.69) is 0 Å². The Kier molecular flexibility index (Phi) is 4.70. The van der Waals surface area contributed by atoms with E-state index in [-0.39, 0.29) is 17.9 Å². The molecule has 0 aromatic heterocycles. The third kappa shape index (κ3) is 3.30. The Balaban J connectivity index is 2.77. The van der Waals surface area contributed by atoms with Gasteiger partial charge in [0.15, 0.2) is 0 Å². The highest BCUT2D eigenvalue weighted by atomic mass is 16.2. The molecule has 1 aromatic carbocycles. The van der Waals surface area contributed by atoms with Gasteiger partial charge in [-0.3, -0.25) is 4.79 Å². The van der Waals surface area contributed by atoms with Gasteiger partial charge in [-0.05, 0) is 18.4 Å². The average Bonchev–Trinajstić information content (AvgIpc) is 2.36. The lowest BCUT2D eigenvalue weighted by molar-refractivity contribution is -0.134. The van der Waals surface area contributed by atoms with Crippen LogP contribution in [0.3, 0.4) is 0 Å². The summed E-state index contributed by atoms with van der Waals surface area (Å²) in [5, 5.41) is 0. The zero-order valence-electron chi connectivity index (χ0n) is 11.1. The first-order valence-corrected chi connectivity index (χ1v) is 6.02. The van der Waals surface area contributed by atoms with E-state index < -0.39 is 6.04 Å². The molecule has 0 fully saturated rings. The second kappa shape index (κ2) is 5.82. The summed E-state index contributed by atoms with van der Waals surface area (Å²) in [6.07, 6.45) is 0. The van der Waals surface area contributed by atoms with Gasteiger partial charge in [0.1, 0.15) is 0 Å². The van der Waals surface area contributed by atoms with E-state index in [1.54, 1.807) is 4.90 Å². The Labute approximate surface area is 104 Å². The Morgan fingerprint density at radius 2 is 1.71 bits per heavy atom. The van der Waals surface area contributed by atoms with Gasteiger partial charge in [0, 0.05) is 7.05 Å². The first-order chi connectivity index (χ1) is 7.95. The molecule has 1 aromatic rings. The van der Waals surface area contributed by atoms with Crippen LogP contribution in [0.2, 0.25) is 0 Å². The van der Waals surface area contributed by atoms with E-state index >= 15 is 0 Å². The number of hydrogen-bond acceptors (Lipinski definition) is 2. The second-order valence-corrected chi connectivity index (χ2v) is 4.81. The minimum atomic E-state index is -0.425. The van der Waals surface area contributed by atoms with Crippen LogP contribution in [0.15, 0.2) is 30.3 Å². The maximum absolute atomic E-state index is 12.1. The van der Waals surface area contributed by atoms with Gasteiger partial charge >= 0.3 is 0 Å². The third-order valence-corrected chi connectivity index (χ3v) is 3.21. The van der Waals surface area contributed by atoms with E-state index in [1.807, 2.05) is 58.2 Å². The lowest BCUT2D eigenvalue weighted by Crippen LogP contribution is -2.45. The topological polar surface area (TPSA) is 46.3 Å². The molecule has 0 spiro atoms. The Bertz CT molecular complexity index is 362. The fraction of sp³-hybridized carbons (Fsp3) is 0.500. The number of hydrogen-bond donors (Lipinski definition) is 1. The van der Waals surface area contributed by atoms with E-state index in [9.17, 15) is 4.79 Å². The average molecular weight is 234 g/mol. The number of nitrogens with zero attached hydrogens (tertiary/aromatic N) is 1. The molecule has 2 atom stereocenters. The first-order valence-electron chi connectivity index (χ1n) is 6.02. The Morgan fingerprint density at radius 3 is 2.18 bits per heavy atom. The SMILES string of the molecule is CC(C)[C@@H](N)C(=O)N(C)C(C)c1ccccc1. The van der Waals surface area contributed by atoms with Crippen molar-refractivity contribution in [2.24, 2.45) is 11.7 Å². The van der Waals surface area contributed by atoms with Crippen molar-refractivity contribution in [1.82, 2.24) is 4.90 Å². The van der Waals surface area contributed by atoms with Gasteiger partial charge in [-0.15, -0.1) is 0 Å². The van der Waals surface area contributed by atoms with Gasteiger partial charge in [0.2, 0.25) is 5.91 Å². The maximum atomic E-state index is 12.1. The highest BCUT2D eigenvalue weighted by molar-refractivity contribution is 5.82. The van der Waals surface area contributed by atoms with Crippen molar-refractivity contribution in [2.75, 3.05) is 7.05 Å². The van der Waals surface area contributed by atoms with Gasteiger partial charge < -0.3 is 10.6 Å². The molecule has 0 aliphatic heterocycles. The standard InChI is InChI=1S/C14H22N2O/c1-10(2)13(15)14(17)16(4)11(3)12-8-6-5-7-9-12/h5-11,13H,15H2,1-4H3/t11?,13-/m1/s1. The number of benzene rings is 1. The molecule has 0 heterocycles. The molecular formula is C14H22N2O. The Hall–Kier alpha value is -1.35. The van der Waals surface area contributed by atoms with E-state index in [1.165, 1.54) is 0 Å². The fourth-order valence-corrected chi connectivity index (χ4v) is 1.67. The molecule has 0 aliphatic carbocycles. The van der Waals surface area contributed by atoms with Gasteiger partial charge in [-0.2, -0.15) is 0 Å².